The lowest BCUT2D eigenvalue weighted by molar-refractivity contribution is 0.355. The molecular formula is C19H26IN3O2. The summed E-state index contributed by atoms with van der Waals surface area (Å²) in [6, 6.07) is 12.0. The Bertz CT molecular complexity index is 733. The molecule has 0 aliphatic rings. The summed E-state index contributed by atoms with van der Waals surface area (Å²) in [7, 11) is 3.21. The number of guanidine groups is 1. The molecule has 0 saturated heterocycles. The van der Waals surface area contributed by atoms with Gasteiger partial charge in [-0.25, -0.2) is 0 Å². The molecule has 6 heteroatoms. The van der Waals surface area contributed by atoms with Crippen LogP contribution in [0, 0.1) is 13.8 Å². The van der Waals surface area contributed by atoms with Crippen molar-refractivity contribution >= 4 is 35.6 Å². The number of rotatable bonds is 6. The van der Waals surface area contributed by atoms with Crippen molar-refractivity contribution in [3.63, 3.8) is 0 Å². The van der Waals surface area contributed by atoms with Crippen LogP contribution in [0.5, 0.6) is 11.5 Å². The van der Waals surface area contributed by atoms with Crippen LogP contribution in [-0.2, 0) is 6.42 Å². The maximum atomic E-state index is 5.96. The third kappa shape index (κ3) is 6.12. The first kappa shape index (κ1) is 21.1. The molecule has 0 saturated carbocycles. The molecule has 0 radical (unpaired) electrons. The predicted molar refractivity (Wildman–Crippen MR) is 115 cm³/mol. The highest BCUT2D eigenvalue weighted by Crippen LogP contribution is 2.29. The third-order valence-corrected chi connectivity index (χ3v) is 3.82. The first-order chi connectivity index (χ1) is 11.5. The molecule has 2 rings (SSSR count). The van der Waals surface area contributed by atoms with Crippen molar-refractivity contribution in [1.29, 1.82) is 0 Å². The van der Waals surface area contributed by atoms with Gasteiger partial charge in [0.2, 0.25) is 0 Å². The quantitative estimate of drug-likeness (QED) is 0.394. The van der Waals surface area contributed by atoms with Crippen molar-refractivity contribution in [3.8, 4) is 11.5 Å². The Hall–Kier alpha value is -1.96. The van der Waals surface area contributed by atoms with E-state index in [1.165, 1.54) is 16.7 Å². The first-order valence-electron chi connectivity index (χ1n) is 7.88. The Balaban J connectivity index is 0.00000312. The van der Waals surface area contributed by atoms with E-state index in [1.54, 1.807) is 14.2 Å². The number of aliphatic imine (C=N–C) groups is 1. The highest BCUT2D eigenvalue weighted by Gasteiger charge is 2.05. The number of ether oxygens (including phenoxy) is 2. The van der Waals surface area contributed by atoms with Crippen molar-refractivity contribution in [2.45, 2.75) is 20.3 Å². The summed E-state index contributed by atoms with van der Waals surface area (Å²) in [4.78, 5) is 4.39. The highest BCUT2D eigenvalue weighted by atomic mass is 127. The summed E-state index contributed by atoms with van der Waals surface area (Å²) in [5.74, 6) is 1.70. The summed E-state index contributed by atoms with van der Waals surface area (Å²) in [5.41, 5.74) is 10.6. The molecule has 2 aromatic carbocycles. The lowest BCUT2D eigenvalue weighted by Gasteiger charge is -2.11. The van der Waals surface area contributed by atoms with Crippen LogP contribution in [0.25, 0.3) is 0 Å². The van der Waals surface area contributed by atoms with Gasteiger partial charge in [-0.3, -0.25) is 4.99 Å². The summed E-state index contributed by atoms with van der Waals surface area (Å²) in [6.45, 7) is 4.85. The smallest absolute Gasteiger partial charge is 0.193 e. The minimum atomic E-state index is 0. The van der Waals surface area contributed by atoms with Gasteiger partial charge in [-0.05, 0) is 43.5 Å². The number of aryl methyl sites for hydroxylation is 2. The minimum absolute atomic E-state index is 0. The summed E-state index contributed by atoms with van der Waals surface area (Å²) in [6.07, 6.45) is 0.862. The van der Waals surface area contributed by atoms with Crippen molar-refractivity contribution in [1.82, 2.24) is 0 Å². The Kier molecular flexibility index (Phi) is 8.54. The molecule has 136 valence electrons. The number of anilines is 1. The van der Waals surface area contributed by atoms with E-state index in [0.29, 0.717) is 24.0 Å². The van der Waals surface area contributed by atoms with Gasteiger partial charge in [0, 0.05) is 18.3 Å². The average Bonchev–Trinajstić information content (AvgIpc) is 2.56. The molecule has 25 heavy (non-hydrogen) atoms. The lowest BCUT2D eigenvalue weighted by Crippen LogP contribution is -2.23. The molecule has 2 aromatic rings. The van der Waals surface area contributed by atoms with Crippen molar-refractivity contribution < 1.29 is 9.47 Å². The Morgan fingerprint density at radius 1 is 1.04 bits per heavy atom. The van der Waals surface area contributed by atoms with Crippen LogP contribution in [0.4, 0.5) is 5.69 Å². The number of benzene rings is 2. The van der Waals surface area contributed by atoms with E-state index in [-0.39, 0.29) is 24.0 Å². The van der Waals surface area contributed by atoms with Gasteiger partial charge in [0.05, 0.1) is 14.2 Å². The molecule has 0 aliphatic heterocycles. The molecule has 0 heterocycles. The molecule has 0 aliphatic carbocycles. The minimum Gasteiger partial charge on any atom is -0.493 e. The Morgan fingerprint density at radius 2 is 1.76 bits per heavy atom. The molecule has 0 aromatic heterocycles. The predicted octanol–water partition coefficient (Wildman–Crippen LogP) is 3.91. The highest BCUT2D eigenvalue weighted by molar-refractivity contribution is 14.0. The van der Waals surface area contributed by atoms with Gasteiger partial charge < -0.3 is 20.5 Å². The topological polar surface area (TPSA) is 68.9 Å². The SMILES string of the molecule is COc1ccc(NC(N)=NCCc2ccc(C)cc2C)cc1OC.I. The average molecular weight is 455 g/mol. The second kappa shape index (κ2) is 10.1. The van der Waals surface area contributed by atoms with Gasteiger partial charge in [-0.1, -0.05) is 23.8 Å². The van der Waals surface area contributed by atoms with E-state index in [0.717, 1.165) is 12.1 Å². The molecule has 3 N–H and O–H groups in total. The summed E-state index contributed by atoms with van der Waals surface area (Å²) >= 11 is 0. The number of nitrogens with one attached hydrogen (secondary N) is 1. The zero-order valence-electron chi connectivity index (χ0n) is 15.1. The van der Waals surface area contributed by atoms with Gasteiger partial charge in [0.15, 0.2) is 17.5 Å². The van der Waals surface area contributed by atoms with Crippen molar-refractivity contribution in [2.75, 3.05) is 26.1 Å². The summed E-state index contributed by atoms with van der Waals surface area (Å²) < 4.78 is 10.5. The zero-order valence-corrected chi connectivity index (χ0v) is 17.5. The van der Waals surface area contributed by atoms with Gasteiger partial charge in [-0.15, -0.1) is 24.0 Å². The van der Waals surface area contributed by atoms with Gasteiger partial charge in [0.1, 0.15) is 0 Å². The van der Waals surface area contributed by atoms with Gasteiger partial charge in [0.25, 0.3) is 0 Å². The van der Waals surface area contributed by atoms with Crippen molar-refractivity contribution in [3.05, 3.63) is 53.1 Å². The number of halogens is 1. The fraction of sp³-hybridized carbons (Fsp3) is 0.316. The Labute approximate surface area is 166 Å². The number of methoxy groups -OCH3 is 2. The van der Waals surface area contributed by atoms with E-state index >= 15 is 0 Å². The number of hydrogen-bond acceptors (Lipinski definition) is 3. The molecule has 0 fully saturated rings. The van der Waals surface area contributed by atoms with E-state index in [2.05, 4.69) is 42.4 Å². The van der Waals surface area contributed by atoms with Crippen LogP contribution in [-0.4, -0.2) is 26.7 Å². The van der Waals surface area contributed by atoms with Crippen LogP contribution < -0.4 is 20.5 Å². The van der Waals surface area contributed by atoms with E-state index < -0.39 is 0 Å². The first-order valence-corrected chi connectivity index (χ1v) is 7.88. The molecule has 0 atom stereocenters. The van der Waals surface area contributed by atoms with Crippen LogP contribution in [0.15, 0.2) is 41.4 Å². The normalized spacial score (nSPS) is 10.8. The standard InChI is InChI=1S/C19H25N3O2.HI/c1-13-5-6-15(14(2)11-13)9-10-21-19(20)22-16-7-8-17(23-3)18(12-16)24-4;/h5-8,11-12H,9-10H2,1-4H3,(H3,20,21,22);1H. The molecule has 0 unspecified atom stereocenters. The van der Waals surface area contributed by atoms with Gasteiger partial charge in [-0.2, -0.15) is 0 Å². The third-order valence-electron chi connectivity index (χ3n) is 3.82. The molecule has 5 nitrogen and oxygen atoms in total. The van der Waals surface area contributed by atoms with Crippen LogP contribution in [0.2, 0.25) is 0 Å². The fourth-order valence-corrected chi connectivity index (χ4v) is 2.52. The molecule has 0 bridgehead atoms. The zero-order chi connectivity index (χ0) is 17.5. The second-order valence-corrected chi connectivity index (χ2v) is 5.64. The molecular weight excluding hydrogens is 429 g/mol. The largest absolute Gasteiger partial charge is 0.493 e. The maximum Gasteiger partial charge on any atom is 0.193 e. The summed E-state index contributed by atoms with van der Waals surface area (Å²) in [5, 5.41) is 3.07. The molecule has 0 amide bonds. The number of nitrogens with zero attached hydrogens (tertiary/aromatic N) is 1. The van der Waals surface area contributed by atoms with E-state index in [4.69, 9.17) is 15.2 Å². The second-order valence-electron chi connectivity index (χ2n) is 5.64. The van der Waals surface area contributed by atoms with Crippen molar-refractivity contribution in [2.24, 2.45) is 10.7 Å². The lowest BCUT2D eigenvalue weighted by atomic mass is 10.0. The van der Waals surface area contributed by atoms with Crippen LogP contribution in [0.3, 0.4) is 0 Å². The van der Waals surface area contributed by atoms with E-state index in [9.17, 15) is 0 Å². The Morgan fingerprint density at radius 3 is 2.40 bits per heavy atom. The molecule has 0 spiro atoms. The van der Waals surface area contributed by atoms with E-state index in [1.807, 2.05) is 18.2 Å². The fourth-order valence-electron chi connectivity index (χ4n) is 2.52. The van der Waals surface area contributed by atoms with Gasteiger partial charge >= 0.3 is 0 Å². The maximum absolute atomic E-state index is 5.96. The number of hydrogen-bond donors (Lipinski definition) is 2. The van der Waals surface area contributed by atoms with Crippen LogP contribution in [0.1, 0.15) is 16.7 Å². The van der Waals surface area contributed by atoms with Crippen LogP contribution >= 0.6 is 24.0 Å². The number of nitrogens with two attached hydrogens (primary N) is 1. The monoisotopic (exact) mass is 455 g/mol.